The van der Waals surface area contributed by atoms with E-state index in [0.717, 1.165) is 36.8 Å². The summed E-state index contributed by atoms with van der Waals surface area (Å²) in [4.78, 5) is 29.3. The second-order valence-corrected chi connectivity index (χ2v) is 10.5. The minimum atomic E-state index is -0.726. The molecule has 3 aromatic rings. The predicted octanol–water partition coefficient (Wildman–Crippen LogP) is 5.83. The number of nitrogens with zero attached hydrogens (tertiary/aromatic N) is 1. The summed E-state index contributed by atoms with van der Waals surface area (Å²) in [6.07, 6.45) is 5.67. The van der Waals surface area contributed by atoms with E-state index in [1.165, 1.54) is 6.42 Å². The molecular formula is C32H37ClN2O5. The molecule has 0 saturated heterocycles. The number of amides is 2. The Balaban J connectivity index is 1.61. The molecule has 0 bridgehead atoms. The van der Waals surface area contributed by atoms with Crippen molar-refractivity contribution in [2.45, 2.75) is 57.2 Å². The Morgan fingerprint density at radius 2 is 1.50 bits per heavy atom. The van der Waals surface area contributed by atoms with Gasteiger partial charge in [0.15, 0.2) is 6.61 Å². The zero-order valence-corrected chi connectivity index (χ0v) is 23.9. The van der Waals surface area contributed by atoms with Gasteiger partial charge in [-0.1, -0.05) is 73.3 Å². The largest absolute Gasteiger partial charge is 0.496 e. The number of nitrogens with one attached hydrogen (secondary N) is 1. The second-order valence-electron chi connectivity index (χ2n) is 10.0. The number of hydrogen-bond acceptors (Lipinski definition) is 5. The lowest BCUT2D eigenvalue weighted by Gasteiger charge is -2.33. The highest BCUT2D eigenvalue weighted by atomic mass is 35.5. The molecule has 1 saturated carbocycles. The average molecular weight is 565 g/mol. The van der Waals surface area contributed by atoms with Gasteiger partial charge in [0.2, 0.25) is 5.91 Å². The highest BCUT2D eigenvalue weighted by Gasteiger charge is 2.32. The molecule has 0 unspecified atom stereocenters. The Labute approximate surface area is 241 Å². The first-order valence-electron chi connectivity index (χ1n) is 13.7. The van der Waals surface area contributed by atoms with Gasteiger partial charge in [-0.25, -0.2) is 0 Å². The van der Waals surface area contributed by atoms with Crippen LogP contribution in [-0.2, 0) is 22.6 Å². The van der Waals surface area contributed by atoms with E-state index in [1.807, 2.05) is 42.5 Å². The Morgan fingerprint density at radius 3 is 2.12 bits per heavy atom. The van der Waals surface area contributed by atoms with Crippen LogP contribution in [0, 0.1) is 0 Å². The zero-order chi connectivity index (χ0) is 28.3. The molecule has 7 nitrogen and oxygen atoms in total. The minimum absolute atomic E-state index is 0.118. The van der Waals surface area contributed by atoms with Gasteiger partial charge in [0.1, 0.15) is 23.3 Å². The topological polar surface area (TPSA) is 77.1 Å². The summed E-state index contributed by atoms with van der Waals surface area (Å²) < 4.78 is 16.6. The summed E-state index contributed by atoms with van der Waals surface area (Å²) in [5.74, 6) is 1.07. The third-order valence-electron chi connectivity index (χ3n) is 7.18. The first kappa shape index (κ1) is 29.3. The normalized spacial score (nSPS) is 14.2. The minimum Gasteiger partial charge on any atom is -0.496 e. The maximum atomic E-state index is 13.9. The predicted molar refractivity (Wildman–Crippen MR) is 156 cm³/mol. The highest BCUT2D eigenvalue weighted by Crippen LogP contribution is 2.28. The highest BCUT2D eigenvalue weighted by molar-refractivity contribution is 6.30. The first-order valence-corrected chi connectivity index (χ1v) is 14.1. The van der Waals surface area contributed by atoms with Crippen LogP contribution in [0.2, 0.25) is 5.02 Å². The summed E-state index contributed by atoms with van der Waals surface area (Å²) in [7, 11) is 3.10. The third kappa shape index (κ3) is 8.39. The molecule has 0 aliphatic heterocycles. The van der Waals surface area contributed by atoms with E-state index in [9.17, 15) is 9.59 Å². The van der Waals surface area contributed by atoms with E-state index in [0.29, 0.717) is 28.7 Å². The molecule has 40 heavy (non-hydrogen) atoms. The molecular weight excluding hydrogens is 528 g/mol. The quantitative estimate of drug-likeness (QED) is 0.300. The fraction of sp³-hybridized carbons (Fsp3) is 0.375. The molecule has 212 valence electrons. The van der Waals surface area contributed by atoms with Crippen molar-refractivity contribution in [3.8, 4) is 17.2 Å². The molecule has 0 aromatic heterocycles. The molecule has 0 spiro atoms. The maximum absolute atomic E-state index is 13.9. The standard InChI is InChI=1S/C32H37ClN2O5/c1-38-27-18-28(39-2)20-29(19-27)40-22-31(36)35(21-24-13-15-25(33)16-14-24)30(17-23-9-5-3-6-10-23)32(37)34-26-11-7-4-8-12-26/h3,5-6,9-10,13-16,18-20,26,30H,4,7-8,11-12,17,21-22H2,1-2H3,(H,34,37)/t30-/m1/s1. The number of methoxy groups -OCH3 is 2. The summed E-state index contributed by atoms with van der Waals surface area (Å²) in [6.45, 7) is -0.0255. The van der Waals surface area contributed by atoms with Gasteiger partial charge in [0, 0.05) is 42.2 Å². The number of carbonyl (C=O) groups excluding carboxylic acids is 2. The van der Waals surface area contributed by atoms with Crippen LogP contribution in [0.25, 0.3) is 0 Å². The van der Waals surface area contributed by atoms with Crippen molar-refractivity contribution in [1.82, 2.24) is 10.2 Å². The number of rotatable bonds is 12. The molecule has 1 atom stereocenters. The first-order chi connectivity index (χ1) is 19.4. The molecule has 1 fully saturated rings. The smallest absolute Gasteiger partial charge is 0.261 e. The summed E-state index contributed by atoms with van der Waals surface area (Å²) >= 11 is 6.12. The summed E-state index contributed by atoms with van der Waals surface area (Å²) in [6, 6.07) is 21.6. The van der Waals surface area contributed by atoms with Gasteiger partial charge in [-0.3, -0.25) is 9.59 Å². The maximum Gasteiger partial charge on any atom is 0.261 e. The number of benzene rings is 3. The summed E-state index contributed by atoms with van der Waals surface area (Å²) in [5, 5.41) is 3.85. The van der Waals surface area contributed by atoms with E-state index < -0.39 is 6.04 Å². The fourth-order valence-corrected chi connectivity index (χ4v) is 5.10. The lowest BCUT2D eigenvalue weighted by molar-refractivity contribution is -0.143. The number of carbonyl (C=O) groups is 2. The van der Waals surface area contributed by atoms with Crippen LogP contribution in [-0.4, -0.2) is 49.6 Å². The van der Waals surface area contributed by atoms with Crippen molar-refractivity contribution < 1.29 is 23.8 Å². The molecule has 1 N–H and O–H groups in total. The van der Waals surface area contributed by atoms with Gasteiger partial charge in [0.25, 0.3) is 5.91 Å². The lowest BCUT2D eigenvalue weighted by Crippen LogP contribution is -2.53. The van der Waals surface area contributed by atoms with Gasteiger partial charge < -0.3 is 24.4 Å². The zero-order valence-electron chi connectivity index (χ0n) is 23.1. The molecule has 2 amide bonds. The van der Waals surface area contributed by atoms with Crippen molar-refractivity contribution in [2.75, 3.05) is 20.8 Å². The van der Waals surface area contributed by atoms with Crippen LogP contribution < -0.4 is 19.5 Å². The van der Waals surface area contributed by atoms with Crippen molar-refractivity contribution >= 4 is 23.4 Å². The van der Waals surface area contributed by atoms with E-state index in [1.54, 1.807) is 49.5 Å². The molecule has 1 aliphatic carbocycles. The second kappa shape index (κ2) is 14.6. The number of halogens is 1. The SMILES string of the molecule is COc1cc(OC)cc(OCC(=O)N(Cc2ccc(Cl)cc2)[C@H](Cc2ccccc2)C(=O)NC2CCCCC2)c1. The van der Waals surface area contributed by atoms with Gasteiger partial charge in [-0.15, -0.1) is 0 Å². The third-order valence-corrected chi connectivity index (χ3v) is 7.43. The molecule has 0 heterocycles. The van der Waals surface area contributed by atoms with Crippen LogP contribution >= 0.6 is 11.6 Å². The van der Waals surface area contributed by atoms with Crippen LogP contribution in [0.3, 0.4) is 0 Å². The number of ether oxygens (including phenoxy) is 3. The average Bonchev–Trinajstić information content (AvgIpc) is 2.99. The van der Waals surface area contributed by atoms with Crippen molar-refractivity contribution in [3.05, 3.63) is 88.9 Å². The fourth-order valence-electron chi connectivity index (χ4n) is 4.98. The molecule has 1 aliphatic rings. The van der Waals surface area contributed by atoms with Crippen molar-refractivity contribution in [2.24, 2.45) is 0 Å². The van der Waals surface area contributed by atoms with E-state index in [4.69, 9.17) is 25.8 Å². The Morgan fingerprint density at radius 1 is 0.875 bits per heavy atom. The van der Waals surface area contributed by atoms with Crippen LogP contribution in [0.4, 0.5) is 0 Å². The summed E-state index contributed by atoms with van der Waals surface area (Å²) in [5.41, 5.74) is 1.84. The monoisotopic (exact) mass is 564 g/mol. The van der Waals surface area contributed by atoms with Crippen molar-refractivity contribution in [1.29, 1.82) is 0 Å². The molecule has 0 radical (unpaired) electrons. The Hall–Kier alpha value is -3.71. The Kier molecular flexibility index (Phi) is 10.7. The van der Waals surface area contributed by atoms with Gasteiger partial charge in [-0.2, -0.15) is 0 Å². The van der Waals surface area contributed by atoms with Crippen LogP contribution in [0.1, 0.15) is 43.2 Å². The van der Waals surface area contributed by atoms with Gasteiger partial charge in [-0.05, 0) is 36.1 Å². The molecule has 8 heteroatoms. The van der Waals surface area contributed by atoms with Gasteiger partial charge >= 0.3 is 0 Å². The van der Waals surface area contributed by atoms with Crippen molar-refractivity contribution in [3.63, 3.8) is 0 Å². The number of hydrogen-bond donors (Lipinski definition) is 1. The van der Waals surface area contributed by atoms with Crippen LogP contribution in [0.15, 0.2) is 72.8 Å². The molecule has 4 rings (SSSR count). The van der Waals surface area contributed by atoms with Gasteiger partial charge in [0.05, 0.1) is 14.2 Å². The van der Waals surface area contributed by atoms with E-state index >= 15 is 0 Å². The van der Waals surface area contributed by atoms with Crippen LogP contribution in [0.5, 0.6) is 17.2 Å². The Bertz CT molecular complexity index is 1220. The van der Waals surface area contributed by atoms with E-state index in [2.05, 4.69) is 5.32 Å². The molecule has 3 aromatic carbocycles. The lowest BCUT2D eigenvalue weighted by atomic mass is 9.94. The van der Waals surface area contributed by atoms with E-state index in [-0.39, 0.29) is 31.0 Å².